The molecule has 0 aliphatic carbocycles. The Labute approximate surface area is 174 Å². The molecule has 1 rings (SSSR count). The maximum atomic E-state index is 11.6. The maximum Gasteiger partial charge on any atom is 0.407 e. The first-order valence-electron chi connectivity index (χ1n) is 8.69. The molecule has 148 valence electrons. The molecule has 0 bridgehead atoms. The van der Waals surface area contributed by atoms with Crippen LogP contribution in [-0.2, 0) is 4.74 Å². The Bertz CT molecular complexity index is 568. The summed E-state index contributed by atoms with van der Waals surface area (Å²) in [7, 11) is 1.73. The second-order valence-corrected chi connectivity index (χ2v) is 7.12. The van der Waals surface area contributed by atoms with Gasteiger partial charge in [-0.3, -0.25) is 4.99 Å². The van der Waals surface area contributed by atoms with E-state index in [9.17, 15) is 4.79 Å². The predicted molar refractivity (Wildman–Crippen MR) is 119 cm³/mol. The van der Waals surface area contributed by atoms with Crippen LogP contribution in [0.15, 0.2) is 29.3 Å². The monoisotopic (exact) mass is 476 g/mol. The smallest absolute Gasteiger partial charge is 0.407 e. The molecule has 6 nitrogen and oxygen atoms in total. The molecule has 0 aromatic heterocycles. The summed E-state index contributed by atoms with van der Waals surface area (Å²) in [6.45, 7) is 11.6. The molecular weight excluding hydrogens is 443 g/mol. The van der Waals surface area contributed by atoms with Crippen molar-refractivity contribution >= 4 is 36.0 Å². The van der Waals surface area contributed by atoms with Crippen molar-refractivity contribution < 1.29 is 9.53 Å². The highest BCUT2D eigenvalue weighted by Crippen LogP contribution is 2.14. The highest BCUT2D eigenvalue weighted by Gasteiger charge is 2.15. The van der Waals surface area contributed by atoms with Gasteiger partial charge in [-0.05, 0) is 39.2 Å². The second kappa shape index (κ2) is 12.0. The molecule has 0 aliphatic rings. The predicted octanol–water partition coefficient (Wildman–Crippen LogP) is 3.41. The summed E-state index contributed by atoms with van der Waals surface area (Å²) < 4.78 is 5.18. The van der Waals surface area contributed by atoms with Crippen molar-refractivity contribution in [2.45, 2.75) is 46.1 Å². The summed E-state index contributed by atoms with van der Waals surface area (Å²) in [6.07, 6.45) is -0.412. The van der Waals surface area contributed by atoms with Gasteiger partial charge in [0.15, 0.2) is 5.96 Å². The summed E-state index contributed by atoms with van der Waals surface area (Å²) >= 11 is 0. The van der Waals surface area contributed by atoms with Crippen molar-refractivity contribution in [2.75, 3.05) is 26.7 Å². The number of amides is 1. The van der Waals surface area contributed by atoms with Crippen molar-refractivity contribution in [2.24, 2.45) is 4.99 Å². The Morgan fingerprint density at radius 3 is 2.23 bits per heavy atom. The topological polar surface area (TPSA) is 74.8 Å². The third-order valence-electron chi connectivity index (χ3n) is 3.53. The Balaban J connectivity index is 0.00000625. The van der Waals surface area contributed by atoms with E-state index < -0.39 is 11.7 Å². The van der Waals surface area contributed by atoms with Gasteiger partial charge >= 0.3 is 6.09 Å². The van der Waals surface area contributed by atoms with Gasteiger partial charge in [-0.1, -0.05) is 36.8 Å². The van der Waals surface area contributed by atoms with Crippen molar-refractivity contribution in [1.82, 2.24) is 16.0 Å². The first kappa shape index (κ1) is 24.5. The van der Waals surface area contributed by atoms with Gasteiger partial charge in [-0.2, -0.15) is 0 Å². The van der Waals surface area contributed by atoms with Crippen LogP contribution in [-0.4, -0.2) is 44.3 Å². The minimum absolute atomic E-state index is 0. The minimum atomic E-state index is -0.485. The van der Waals surface area contributed by atoms with Gasteiger partial charge in [0.25, 0.3) is 0 Å². The molecule has 3 N–H and O–H groups in total. The van der Waals surface area contributed by atoms with E-state index in [1.807, 2.05) is 20.8 Å². The molecule has 7 heteroatoms. The quantitative estimate of drug-likeness (QED) is 0.255. The molecule has 0 radical (unpaired) electrons. The summed E-state index contributed by atoms with van der Waals surface area (Å²) in [5, 5.41) is 9.18. The lowest BCUT2D eigenvalue weighted by Gasteiger charge is -2.20. The number of guanidine groups is 1. The fraction of sp³-hybridized carbons (Fsp3) is 0.579. The number of ether oxygens (including phenoxy) is 1. The lowest BCUT2D eigenvalue weighted by Crippen LogP contribution is -2.43. The van der Waals surface area contributed by atoms with Crippen LogP contribution in [0.3, 0.4) is 0 Å². The van der Waals surface area contributed by atoms with E-state index in [0.717, 1.165) is 6.54 Å². The fourth-order valence-electron chi connectivity index (χ4n) is 2.14. The molecular formula is C19H33IN4O2. The molecule has 0 aliphatic heterocycles. The Morgan fingerprint density at radius 1 is 1.12 bits per heavy atom. The second-order valence-electron chi connectivity index (χ2n) is 7.12. The van der Waals surface area contributed by atoms with Crippen molar-refractivity contribution in [3.63, 3.8) is 0 Å². The number of aryl methyl sites for hydroxylation is 1. The average molecular weight is 476 g/mol. The third kappa shape index (κ3) is 10.5. The van der Waals surface area contributed by atoms with Crippen LogP contribution < -0.4 is 16.0 Å². The lowest BCUT2D eigenvalue weighted by atomic mass is 10.0. The number of rotatable bonds is 6. The molecule has 1 atom stereocenters. The minimum Gasteiger partial charge on any atom is -0.444 e. The number of carbonyl (C=O) groups excluding carboxylic acids is 1. The van der Waals surface area contributed by atoms with Crippen LogP contribution in [0.1, 0.15) is 44.7 Å². The lowest BCUT2D eigenvalue weighted by molar-refractivity contribution is 0.0529. The molecule has 0 spiro atoms. The molecule has 26 heavy (non-hydrogen) atoms. The fourth-order valence-corrected chi connectivity index (χ4v) is 2.14. The van der Waals surface area contributed by atoms with Crippen LogP contribution in [0.4, 0.5) is 4.79 Å². The van der Waals surface area contributed by atoms with E-state index in [0.29, 0.717) is 25.0 Å². The molecule has 1 unspecified atom stereocenters. The van der Waals surface area contributed by atoms with E-state index in [-0.39, 0.29) is 24.0 Å². The standard InChI is InChI=1S/C19H32N4O2.HI/c1-14-7-9-16(10-8-14)15(2)13-23-17(20-6)21-11-12-22-18(24)25-19(3,4)5;/h7-10,15H,11-13H2,1-6H3,(H,22,24)(H2,20,21,23);1H. The van der Waals surface area contributed by atoms with Gasteiger partial charge < -0.3 is 20.7 Å². The number of alkyl carbamates (subject to hydrolysis) is 1. The molecule has 1 aromatic rings. The largest absolute Gasteiger partial charge is 0.444 e. The number of hydrogen-bond acceptors (Lipinski definition) is 3. The number of aliphatic imine (C=N–C) groups is 1. The zero-order chi connectivity index (χ0) is 18.9. The van der Waals surface area contributed by atoms with E-state index in [2.05, 4.69) is 59.1 Å². The first-order valence-corrected chi connectivity index (χ1v) is 8.69. The highest BCUT2D eigenvalue weighted by atomic mass is 127. The number of halogens is 1. The van der Waals surface area contributed by atoms with Crippen LogP contribution in [0, 0.1) is 6.92 Å². The third-order valence-corrected chi connectivity index (χ3v) is 3.53. The molecule has 0 saturated heterocycles. The number of hydrogen-bond donors (Lipinski definition) is 3. The van der Waals surface area contributed by atoms with Crippen LogP contribution in [0.25, 0.3) is 0 Å². The summed E-state index contributed by atoms with van der Waals surface area (Å²) in [5.74, 6) is 1.09. The number of benzene rings is 1. The molecule has 0 fully saturated rings. The van der Waals surface area contributed by atoms with Gasteiger partial charge in [0.1, 0.15) is 5.60 Å². The normalized spacial score (nSPS) is 12.6. The molecule has 0 heterocycles. The van der Waals surface area contributed by atoms with Gasteiger partial charge in [0, 0.05) is 26.7 Å². The molecule has 0 saturated carbocycles. The Kier molecular flexibility index (Phi) is 11.3. The Morgan fingerprint density at radius 2 is 1.69 bits per heavy atom. The SMILES string of the molecule is CN=C(NCCNC(=O)OC(C)(C)C)NCC(C)c1ccc(C)cc1.I. The zero-order valence-corrected chi connectivity index (χ0v) is 19.0. The van der Waals surface area contributed by atoms with Gasteiger partial charge in [-0.15, -0.1) is 24.0 Å². The van der Waals surface area contributed by atoms with Crippen molar-refractivity contribution in [3.05, 3.63) is 35.4 Å². The summed E-state index contributed by atoms with van der Waals surface area (Å²) in [6, 6.07) is 8.56. The van der Waals surface area contributed by atoms with E-state index in [4.69, 9.17) is 4.74 Å². The van der Waals surface area contributed by atoms with E-state index in [1.165, 1.54) is 11.1 Å². The zero-order valence-electron chi connectivity index (χ0n) is 16.7. The number of nitrogens with zero attached hydrogens (tertiary/aromatic N) is 1. The van der Waals surface area contributed by atoms with Crippen LogP contribution in [0.2, 0.25) is 0 Å². The van der Waals surface area contributed by atoms with Gasteiger partial charge in [0.2, 0.25) is 0 Å². The molecule has 1 aromatic carbocycles. The summed E-state index contributed by atoms with van der Waals surface area (Å²) in [5.41, 5.74) is 2.07. The summed E-state index contributed by atoms with van der Waals surface area (Å²) in [4.78, 5) is 15.8. The van der Waals surface area contributed by atoms with Gasteiger partial charge in [-0.25, -0.2) is 4.79 Å². The van der Waals surface area contributed by atoms with Crippen molar-refractivity contribution in [1.29, 1.82) is 0 Å². The van der Waals surface area contributed by atoms with E-state index in [1.54, 1.807) is 7.05 Å². The molecule has 1 amide bonds. The average Bonchev–Trinajstić information content (AvgIpc) is 2.53. The number of nitrogens with one attached hydrogen (secondary N) is 3. The highest BCUT2D eigenvalue weighted by molar-refractivity contribution is 14.0. The van der Waals surface area contributed by atoms with Crippen LogP contribution >= 0.6 is 24.0 Å². The van der Waals surface area contributed by atoms with Crippen LogP contribution in [0.5, 0.6) is 0 Å². The Hall–Kier alpha value is -1.51. The van der Waals surface area contributed by atoms with E-state index >= 15 is 0 Å². The maximum absolute atomic E-state index is 11.6. The first-order chi connectivity index (χ1) is 11.7. The number of carbonyl (C=O) groups is 1. The van der Waals surface area contributed by atoms with Crippen molar-refractivity contribution in [3.8, 4) is 0 Å². The van der Waals surface area contributed by atoms with Gasteiger partial charge in [0.05, 0.1) is 0 Å².